The summed E-state index contributed by atoms with van der Waals surface area (Å²) in [6.45, 7) is 6.48. The smallest absolute Gasteiger partial charge is 0.306 e. The van der Waals surface area contributed by atoms with Gasteiger partial charge in [-0.1, -0.05) is 278 Å². The topological polar surface area (TPSA) is 78.9 Å². The molecule has 0 aliphatic carbocycles. The third kappa shape index (κ3) is 62.9. The molecule has 6 nitrogen and oxygen atoms in total. The Morgan fingerprint density at radius 3 is 0.821 bits per heavy atom. The highest BCUT2D eigenvalue weighted by Crippen LogP contribution is 2.16. The minimum atomic E-state index is -0.792. The van der Waals surface area contributed by atoms with Crippen molar-refractivity contribution in [3.8, 4) is 0 Å². The molecule has 0 aromatic carbocycles. The van der Waals surface area contributed by atoms with E-state index in [4.69, 9.17) is 14.2 Å². The lowest BCUT2D eigenvalue weighted by molar-refractivity contribution is -0.167. The first-order chi connectivity index (χ1) is 38.5. The second kappa shape index (κ2) is 65.6. The fourth-order valence-electron chi connectivity index (χ4n) is 9.05. The number of carbonyl (C=O) groups excluding carboxylic acids is 3. The van der Waals surface area contributed by atoms with E-state index in [2.05, 4.69) is 130 Å². The zero-order valence-electron chi connectivity index (χ0n) is 51.2. The van der Waals surface area contributed by atoms with E-state index in [1.54, 1.807) is 0 Å². The highest BCUT2D eigenvalue weighted by molar-refractivity contribution is 5.71. The number of hydrogen-bond acceptors (Lipinski definition) is 6. The van der Waals surface area contributed by atoms with Crippen LogP contribution in [0.4, 0.5) is 0 Å². The maximum atomic E-state index is 12.9. The zero-order valence-corrected chi connectivity index (χ0v) is 51.2. The van der Waals surface area contributed by atoms with Gasteiger partial charge in [0.15, 0.2) is 6.10 Å². The van der Waals surface area contributed by atoms with E-state index >= 15 is 0 Å². The van der Waals surface area contributed by atoms with Gasteiger partial charge in [-0.15, -0.1) is 0 Å². The summed E-state index contributed by atoms with van der Waals surface area (Å²) in [5, 5.41) is 0. The quantitative estimate of drug-likeness (QED) is 0.0261. The molecule has 6 heteroatoms. The average Bonchev–Trinajstić information content (AvgIpc) is 3.44. The summed E-state index contributed by atoms with van der Waals surface area (Å²) in [6, 6.07) is 0. The van der Waals surface area contributed by atoms with Crippen molar-refractivity contribution in [3.63, 3.8) is 0 Å². The minimum absolute atomic E-state index is 0.0878. The maximum absolute atomic E-state index is 12.9. The van der Waals surface area contributed by atoms with Crippen LogP contribution in [-0.2, 0) is 28.6 Å². The van der Waals surface area contributed by atoms with Crippen molar-refractivity contribution in [1.29, 1.82) is 0 Å². The minimum Gasteiger partial charge on any atom is -0.462 e. The fraction of sp³-hybridized carbons (Fsp3) is 0.708. The number of hydrogen-bond donors (Lipinski definition) is 0. The van der Waals surface area contributed by atoms with Crippen LogP contribution in [0.15, 0.2) is 109 Å². The van der Waals surface area contributed by atoms with Crippen molar-refractivity contribution >= 4 is 17.9 Å². The SMILES string of the molecule is CC/C=C\C/C=C\C/C=C\C/C=C\C/C=C\CCCCCCCCCCCC(=O)OCC(COC(=O)CCCCCCC/C=C\C/C=C\CCCC)OC(=O)CCCCCCCCCCC/C=C\C/C=C\CCCCCCC. The largest absolute Gasteiger partial charge is 0.462 e. The molecule has 1 atom stereocenters. The van der Waals surface area contributed by atoms with E-state index in [9.17, 15) is 14.4 Å². The Bertz CT molecular complexity index is 1570. The van der Waals surface area contributed by atoms with Crippen LogP contribution >= 0.6 is 0 Å². The van der Waals surface area contributed by atoms with E-state index < -0.39 is 6.10 Å². The molecule has 0 radical (unpaired) electrons. The van der Waals surface area contributed by atoms with Crippen molar-refractivity contribution in [1.82, 2.24) is 0 Å². The number of rotatable bonds is 59. The molecule has 78 heavy (non-hydrogen) atoms. The number of esters is 3. The molecule has 0 spiro atoms. The molecule has 0 N–H and O–H groups in total. The second-order valence-electron chi connectivity index (χ2n) is 21.6. The summed E-state index contributed by atoms with van der Waals surface area (Å²) in [4.78, 5) is 38.4. The van der Waals surface area contributed by atoms with Gasteiger partial charge in [0.05, 0.1) is 0 Å². The molecule has 0 amide bonds. The van der Waals surface area contributed by atoms with E-state index in [0.29, 0.717) is 19.3 Å². The Kier molecular flexibility index (Phi) is 62.3. The molecule has 0 heterocycles. The summed E-state index contributed by atoms with van der Waals surface area (Å²) < 4.78 is 16.9. The predicted octanol–water partition coefficient (Wildman–Crippen LogP) is 22.6. The number of carbonyl (C=O) groups is 3. The van der Waals surface area contributed by atoms with Crippen molar-refractivity contribution < 1.29 is 28.6 Å². The van der Waals surface area contributed by atoms with Gasteiger partial charge < -0.3 is 14.2 Å². The highest BCUT2D eigenvalue weighted by atomic mass is 16.6. The molecular weight excluding hydrogens is 961 g/mol. The summed E-state index contributed by atoms with van der Waals surface area (Å²) >= 11 is 0. The lowest BCUT2D eigenvalue weighted by Crippen LogP contribution is -2.30. The molecular formula is C72H122O6. The van der Waals surface area contributed by atoms with Crippen LogP contribution in [0.3, 0.4) is 0 Å². The third-order valence-corrected chi connectivity index (χ3v) is 14.0. The van der Waals surface area contributed by atoms with Crippen molar-refractivity contribution in [2.24, 2.45) is 0 Å². The van der Waals surface area contributed by atoms with E-state index in [0.717, 1.165) is 128 Å². The fourth-order valence-corrected chi connectivity index (χ4v) is 9.05. The van der Waals surface area contributed by atoms with Gasteiger partial charge in [-0.3, -0.25) is 14.4 Å². The molecule has 0 bridgehead atoms. The van der Waals surface area contributed by atoms with Gasteiger partial charge in [-0.05, 0) is 122 Å². The number of ether oxygens (including phenoxy) is 3. The second-order valence-corrected chi connectivity index (χ2v) is 21.6. The molecule has 0 saturated heterocycles. The van der Waals surface area contributed by atoms with Crippen LogP contribution in [0.1, 0.15) is 310 Å². The van der Waals surface area contributed by atoms with Gasteiger partial charge in [-0.25, -0.2) is 0 Å². The number of allylic oxidation sites excluding steroid dienone is 18. The lowest BCUT2D eigenvalue weighted by atomic mass is 10.1. The monoisotopic (exact) mass is 1080 g/mol. The zero-order chi connectivity index (χ0) is 56.4. The Balaban J connectivity index is 4.37. The summed E-state index contributed by atoms with van der Waals surface area (Å²) in [6.07, 6.45) is 89.5. The van der Waals surface area contributed by atoms with Gasteiger partial charge in [0.1, 0.15) is 13.2 Å². The molecule has 0 aromatic heterocycles. The molecule has 446 valence electrons. The molecule has 1 unspecified atom stereocenters. The van der Waals surface area contributed by atoms with Crippen LogP contribution in [0, 0.1) is 0 Å². The van der Waals surface area contributed by atoms with E-state index in [1.165, 1.54) is 141 Å². The van der Waals surface area contributed by atoms with Gasteiger partial charge >= 0.3 is 17.9 Å². The first-order valence-corrected chi connectivity index (χ1v) is 32.9. The molecule has 0 aliphatic heterocycles. The van der Waals surface area contributed by atoms with Crippen LogP contribution in [-0.4, -0.2) is 37.2 Å². The van der Waals surface area contributed by atoms with Crippen molar-refractivity contribution in [2.45, 2.75) is 316 Å². The Labute approximate surface area is 482 Å². The van der Waals surface area contributed by atoms with Crippen molar-refractivity contribution in [3.05, 3.63) is 109 Å². The maximum Gasteiger partial charge on any atom is 0.306 e. The first-order valence-electron chi connectivity index (χ1n) is 32.9. The van der Waals surface area contributed by atoms with Crippen LogP contribution in [0.5, 0.6) is 0 Å². The average molecular weight is 1080 g/mol. The first kappa shape index (κ1) is 74.1. The summed E-state index contributed by atoms with van der Waals surface area (Å²) in [7, 11) is 0. The summed E-state index contributed by atoms with van der Waals surface area (Å²) in [5.74, 6) is -0.903. The van der Waals surface area contributed by atoms with Gasteiger partial charge in [0.25, 0.3) is 0 Å². The lowest BCUT2D eigenvalue weighted by Gasteiger charge is -2.18. The standard InChI is InChI=1S/C72H122O6/c1-4-7-10-13-16-19-22-25-28-30-32-34-35-36-37-39-40-42-44-47-50-53-56-59-62-65-71(74)77-68-69(67-76-70(73)64-61-58-55-52-49-46-27-24-21-18-15-12-9-6-3)78-72(75)66-63-60-57-54-51-48-45-43-41-38-33-31-29-26-23-20-17-14-11-8-5-2/h7,10,15-16,18-19,23-28,31-34,36-37,69H,4-6,8-9,11-14,17,20-22,29-30,35,38-68H2,1-3H3/b10-7-,18-15-,19-16-,26-23-,27-24-,28-25-,33-31-,34-32-,37-36-. The number of unbranched alkanes of at least 4 members (excludes halogenated alkanes) is 30. The molecule has 0 saturated carbocycles. The van der Waals surface area contributed by atoms with E-state index in [1.807, 2.05) is 0 Å². The van der Waals surface area contributed by atoms with Gasteiger partial charge in [0.2, 0.25) is 0 Å². The Morgan fingerprint density at radius 2 is 0.513 bits per heavy atom. The molecule has 0 aromatic rings. The Hall–Kier alpha value is -3.93. The predicted molar refractivity (Wildman–Crippen MR) is 339 cm³/mol. The molecule has 0 aliphatic rings. The van der Waals surface area contributed by atoms with Crippen LogP contribution in [0.2, 0.25) is 0 Å². The van der Waals surface area contributed by atoms with Gasteiger partial charge in [-0.2, -0.15) is 0 Å². The van der Waals surface area contributed by atoms with Crippen LogP contribution in [0.25, 0.3) is 0 Å². The highest BCUT2D eigenvalue weighted by Gasteiger charge is 2.19. The normalized spacial score (nSPS) is 12.8. The third-order valence-electron chi connectivity index (χ3n) is 14.0. The molecule has 0 rings (SSSR count). The van der Waals surface area contributed by atoms with Crippen LogP contribution < -0.4 is 0 Å². The van der Waals surface area contributed by atoms with E-state index in [-0.39, 0.29) is 31.1 Å². The Morgan fingerprint density at radius 1 is 0.269 bits per heavy atom. The van der Waals surface area contributed by atoms with Crippen molar-refractivity contribution in [2.75, 3.05) is 13.2 Å². The molecule has 0 fully saturated rings. The summed E-state index contributed by atoms with van der Waals surface area (Å²) in [5.41, 5.74) is 0. The van der Waals surface area contributed by atoms with Gasteiger partial charge in [0, 0.05) is 19.3 Å².